The van der Waals surface area contributed by atoms with Gasteiger partial charge in [-0.05, 0) is 51.5 Å². The van der Waals surface area contributed by atoms with Crippen molar-refractivity contribution >= 4 is 28.6 Å². The molecule has 0 aliphatic heterocycles. The number of carbonyl (C=O) groups excluding carboxylic acids is 1. The van der Waals surface area contributed by atoms with Crippen LogP contribution in [-0.4, -0.2) is 31.7 Å². The van der Waals surface area contributed by atoms with Crippen LogP contribution in [-0.2, 0) is 4.79 Å². The molecule has 0 bridgehead atoms. The summed E-state index contributed by atoms with van der Waals surface area (Å²) >= 11 is 1.23. The van der Waals surface area contributed by atoms with Crippen molar-refractivity contribution in [3.05, 3.63) is 58.5 Å². The summed E-state index contributed by atoms with van der Waals surface area (Å²) < 4.78 is 1.49. The predicted molar refractivity (Wildman–Crippen MR) is 108 cm³/mol. The van der Waals surface area contributed by atoms with Crippen LogP contribution < -0.4 is 10.9 Å². The van der Waals surface area contributed by atoms with E-state index >= 15 is 0 Å². The molecule has 2 heterocycles. The summed E-state index contributed by atoms with van der Waals surface area (Å²) in [6.07, 6.45) is 1.64. The molecule has 3 rings (SSSR count). The molecule has 6 nitrogen and oxygen atoms in total. The summed E-state index contributed by atoms with van der Waals surface area (Å²) in [5, 5.41) is 3.89. The number of nitrogens with one attached hydrogen (secondary N) is 1. The topological polar surface area (TPSA) is 76.9 Å². The van der Waals surface area contributed by atoms with Gasteiger partial charge in [0.05, 0.1) is 16.7 Å². The molecule has 3 aromatic rings. The number of pyridine rings is 1. The Morgan fingerprint density at radius 1 is 1.19 bits per heavy atom. The maximum absolute atomic E-state index is 13.1. The van der Waals surface area contributed by atoms with Gasteiger partial charge in [-0.15, -0.1) is 0 Å². The Bertz CT molecular complexity index is 1050. The van der Waals surface area contributed by atoms with E-state index in [1.165, 1.54) is 16.3 Å². The zero-order valence-corrected chi connectivity index (χ0v) is 16.6. The first-order valence-corrected chi connectivity index (χ1v) is 9.62. The lowest BCUT2D eigenvalue weighted by atomic mass is 10.1. The molecule has 27 heavy (non-hydrogen) atoms. The highest BCUT2D eigenvalue weighted by atomic mass is 32.2. The molecule has 1 aromatic carbocycles. The van der Waals surface area contributed by atoms with Crippen LogP contribution in [0.15, 0.2) is 52.5 Å². The molecule has 0 aliphatic rings. The fourth-order valence-electron chi connectivity index (χ4n) is 2.69. The Kier molecular flexibility index (Phi) is 5.32. The van der Waals surface area contributed by atoms with E-state index in [-0.39, 0.29) is 22.8 Å². The number of para-hydroxylation sites is 1. The summed E-state index contributed by atoms with van der Waals surface area (Å²) in [6.45, 7) is 7.68. The largest absolute Gasteiger partial charge is 0.351 e. The first-order valence-electron chi connectivity index (χ1n) is 8.64. The molecule has 0 saturated carbocycles. The van der Waals surface area contributed by atoms with Gasteiger partial charge in [-0.3, -0.25) is 9.59 Å². The summed E-state index contributed by atoms with van der Waals surface area (Å²) in [5.41, 5.74) is 0.955. The lowest BCUT2D eigenvalue weighted by molar-refractivity contribution is -0.119. The van der Waals surface area contributed by atoms with Crippen molar-refractivity contribution < 1.29 is 4.79 Å². The molecule has 0 fully saturated rings. The number of fused-ring (bicyclic) bond motifs is 1. The van der Waals surface area contributed by atoms with Crippen LogP contribution in [0.4, 0.5) is 0 Å². The van der Waals surface area contributed by atoms with Crippen molar-refractivity contribution in [2.45, 2.75) is 38.4 Å². The Hall–Kier alpha value is -2.67. The van der Waals surface area contributed by atoms with E-state index in [1.807, 2.05) is 52.0 Å². The molecule has 0 atom stereocenters. The molecular formula is C20H22N4O2S. The molecule has 1 amide bonds. The van der Waals surface area contributed by atoms with Crippen LogP contribution in [0.2, 0.25) is 0 Å². The summed E-state index contributed by atoms with van der Waals surface area (Å²) in [7, 11) is 0. The zero-order chi connectivity index (χ0) is 19.6. The first-order chi connectivity index (χ1) is 12.8. The van der Waals surface area contributed by atoms with Crippen LogP contribution in [0.1, 0.15) is 26.3 Å². The molecule has 1 N–H and O–H groups in total. The average molecular weight is 382 g/mol. The van der Waals surface area contributed by atoms with E-state index in [9.17, 15) is 9.59 Å². The Morgan fingerprint density at radius 2 is 1.93 bits per heavy atom. The van der Waals surface area contributed by atoms with Gasteiger partial charge in [0.25, 0.3) is 5.56 Å². The predicted octanol–water partition coefficient (Wildman–Crippen LogP) is 3.10. The normalized spacial score (nSPS) is 11.6. The second-order valence-electron chi connectivity index (χ2n) is 7.28. The minimum atomic E-state index is -0.314. The number of thioether (sulfide) groups is 1. The number of aryl methyl sites for hydroxylation is 1. The van der Waals surface area contributed by atoms with Crippen LogP contribution in [0, 0.1) is 6.92 Å². The van der Waals surface area contributed by atoms with E-state index in [0.717, 1.165) is 5.56 Å². The fraction of sp³-hybridized carbons (Fsp3) is 0.300. The lowest BCUT2D eigenvalue weighted by Crippen LogP contribution is -2.41. The minimum Gasteiger partial charge on any atom is -0.351 e. The van der Waals surface area contributed by atoms with Gasteiger partial charge >= 0.3 is 0 Å². The van der Waals surface area contributed by atoms with E-state index < -0.39 is 0 Å². The second kappa shape index (κ2) is 7.52. The highest BCUT2D eigenvalue weighted by Gasteiger charge is 2.18. The van der Waals surface area contributed by atoms with Gasteiger partial charge in [-0.2, -0.15) is 0 Å². The summed E-state index contributed by atoms with van der Waals surface area (Å²) in [6, 6.07) is 10.9. The van der Waals surface area contributed by atoms with E-state index in [4.69, 9.17) is 0 Å². The molecule has 0 saturated heterocycles. The molecule has 0 unspecified atom stereocenters. The Labute approximate surface area is 162 Å². The molecule has 0 aliphatic carbocycles. The number of amides is 1. The van der Waals surface area contributed by atoms with Gasteiger partial charge in [-0.1, -0.05) is 30.0 Å². The van der Waals surface area contributed by atoms with Crippen molar-refractivity contribution in [2.75, 3.05) is 5.75 Å². The molecule has 0 radical (unpaired) electrons. The standard InChI is InChI=1S/C20H22N4O2S/c1-13-8-7-11-21-17(13)24-18(26)14-9-5-6-10-15(14)22-19(24)27-12-16(25)23-20(2,3)4/h5-11H,12H2,1-4H3,(H,23,25). The van der Waals surface area contributed by atoms with Gasteiger partial charge in [0.15, 0.2) is 5.16 Å². The van der Waals surface area contributed by atoms with Crippen molar-refractivity contribution in [1.29, 1.82) is 0 Å². The van der Waals surface area contributed by atoms with Gasteiger partial charge in [0.2, 0.25) is 5.91 Å². The highest BCUT2D eigenvalue weighted by molar-refractivity contribution is 7.99. The average Bonchev–Trinajstić information content (AvgIpc) is 2.60. The SMILES string of the molecule is Cc1cccnc1-n1c(SCC(=O)NC(C)(C)C)nc2ccccc2c1=O. The maximum atomic E-state index is 13.1. The third-order valence-corrected chi connectivity index (χ3v) is 4.72. The third kappa shape index (κ3) is 4.36. The molecule has 2 aromatic heterocycles. The molecule has 140 valence electrons. The van der Waals surface area contributed by atoms with Crippen LogP contribution in [0.25, 0.3) is 16.7 Å². The van der Waals surface area contributed by atoms with Gasteiger partial charge in [0, 0.05) is 11.7 Å². The van der Waals surface area contributed by atoms with Gasteiger partial charge in [-0.25, -0.2) is 14.5 Å². The lowest BCUT2D eigenvalue weighted by Gasteiger charge is -2.20. The van der Waals surface area contributed by atoms with Crippen molar-refractivity contribution in [2.24, 2.45) is 0 Å². The Morgan fingerprint density at radius 3 is 2.63 bits per heavy atom. The van der Waals surface area contributed by atoms with Gasteiger partial charge in [0.1, 0.15) is 5.82 Å². The molecule has 0 spiro atoms. The monoisotopic (exact) mass is 382 g/mol. The number of carbonyl (C=O) groups is 1. The summed E-state index contributed by atoms with van der Waals surface area (Å²) in [4.78, 5) is 34.4. The van der Waals surface area contributed by atoms with Crippen molar-refractivity contribution in [1.82, 2.24) is 19.9 Å². The van der Waals surface area contributed by atoms with Crippen LogP contribution in [0.5, 0.6) is 0 Å². The molecule has 7 heteroatoms. The third-order valence-electron chi connectivity index (χ3n) is 3.79. The van der Waals surface area contributed by atoms with E-state index in [0.29, 0.717) is 21.9 Å². The number of hydrogen-bond donors (Lipinski definition) is 1. The minimum absolute atomic E-state index is 0.112. The van der Waals surface area contributed by atoms with Crippen molar-refractivity contribution in [3.8, 4) is 5.82 Å². The first kappa shape index (κ1) is 19.1. The van der Waals surface area contributed by atoms with Crippen LogP contribution >= 0.6 is 11.8 Å². The van der Waals surface area contributed by atoms with E-state index in [1.54, 1.807) is 18.3 Å². The number of hydrogen-bond acceptors (Lipinski definition) is 5. The zero-order valence-electron chi connectivity index (χ0n) is 15.8. The van der Waals surface area contributed by atoms with Gasteiger partial charge < -0.3 is 5.32 Å². The smallest absolute Gasteiger partial charge is 0.267 e. The maximum Gasteiger partial charge on any atom is 0.267 e. The number of rotatable bonds is 4. The second-order valence-corrected chi connectivity index (χ2v) is 8.23. The highest BCUT2D eigenvalue weighted by Crippen LogP contribution is 2.22. The number of nitrogens with zero attached hydrogens (tertiary/aromatic N) is 3. The van der Waals surface area contributed by atoms with E-state index in [2.05, 4.69) is 15.3 Å². The quantitative estimate of drug-likeness (QED) is 0.554. The summed E-state index contributed by atoms with van der Waals surface area (Å²) in [5.74, 6) is 0.576. The van der Waals surface area contributed by atoms with Crippen LogP contribution in [0.3, 0.4) is 0 Å². The van der Waals surface area contributed by atoms with Crippen molar-refractivity contribution in [3.63, 3.8) is 0 Å². The fourth-order valence-corrected chi connectivity index (χ4v) is 3.49. The molecular weight excluding hydrogens is 360 g/mol. The Balaban J connectivity index is 2.08. The number of benzene rings is 1. The number of aromatic nitrogens is 3.